The Bertz CT molecular complexity index is 703. The standard InChI is InChI=1S/C17H22N4OS2/c1-12-5-3-7-14(9-12)18-16-19-20-17(24-16)23-11-15(22)21-8-4-6-13(2)10-21/h3,5,7,9,13H,4,6,8,10-11H2,1-2H3,(H,18,19). The molecule has 5 nitrogen and oxygen atoms in total. The summed E-state index contributed by atoms with van der Waals surface area (Å²) in [5, 5.41) is 12.3. The highest BCUT2D eigenvalue weighted by Gasteiger charge is 2.21. The van der Waals surface area contributed by atoms with Crippen LogP contribution in [0.4, 0.5) is 10.8 Å². The predicted molar refractivity (Wildman–Crippen MR) is 100 cm³/mol. The first-order chi connectivity index (χ1) is 11.6. The van der Waals surface area contributed by atoms with Crippen molar-refractivity contribution < 1.29 is 4.79 Å². The van der Waals surface area contributed by atoms with Crippen molar-refractivity contribution in [3.63, 3.8) is 0 Å². The molecule has 2 heterocycles. The Morgan fingerprint density at radius 2 is 2.33 bits per heavy atom. The second-order valence-corrected chi connectivity index (χ2v) is 8.44. The van der Waals surface area contributed by atoms with E-state index < -0.39 is 0 Å². The number of likely N-dealkylation sites (tertiary alicyclic amines) is 1. The number of nitrogens with one attached hydrogen (secondary N) is 1. The van der Waals surface area contributed by atoms with Gasteiger partial charge >= 0.3 is 0 Å². The zero-order chi connectivity index (χ0) is 16.9. The largest absolute Gasteiger partial charge is 0.342 e. The molecule has 1 aliphatic rings. The van der Waals surface area contributed by atoms with E-state index in [1.54, 1.807) is 0 Å². The molecule has 24 heavy (non-hydrogen) atoms. The normalized spacial score (nSPS) is 17.8. The van der Waals surface area contributed by atoms with Crippen LogP contribution >= 0.6 is 23.1 Å². The Morgan fingerprint density at radius 1 is 1.46 bits per heavy atom. The van der Waals surface area contributed by atoms with Gasteiger partial charge in [0.05, 0.1) is 5.75 Å². The molecular formula is C17H22N4OS2. The van der Waals surface area contributed by atoms with Crippen LogP contribution in [-0.4, -0.2) is 39.8 Å². The van der Waals surface area contributed by atoms with E-state index in [-0.39, 0.29) is 5.91 Å². The van der Waals surface area contributed by atoms with Crippen LogP contribution < -0.4 is 5.32 Å². The third-order valence-corrected chi connectivity index (χ3v) is 5.96. The molecule has 1 unspecified atom stereocenters. The molecule has 1 N–H and O–H groups in total. The summed E-state index contributed by atoms with van der Waals surface area (Å²) in [6, 6.07) is 8.13. The molecule has 1 amide bonds. The zero-order valence-electron chi connectivity index (χ0n) is 14.0. The van der Waals surface area contributed by atoms with Crippen molar-refractivity contribution in [1.29, 1.82) is 0 Å². The summed E-state index contributed by atoms with van der Waals surface area (Å²) in [5.41, 5.74) is 2.20. The molecule has 0 saturated carbocycles. The summed E-state index contributed by atoms with van der Waals surface area (Å²) in [7, 11) is 0. The fourth-order valence-corrected chi connectivity index (χ4v) is 4.47. The highest BCUT2D eigenvalue weighted by Crippen LogP contribution is 2.28. The molecule has 128 valence electrons. The van der Waals surface area contributed by atoms with Gasteiger partial charge < -0.3 is 10.2 Å². The number of anilines is 2. The number of piperidine rings is 1. The molecule has 0 bridgehead atoms. The Kier molecular flexibility index (Phi) is 5.73. The fraction of sp³-hybridized carbons (Fsp3) is 0.471. The first kappa shape index (κ1) is 17.2. The summed E-state index contributed by atoms with van der Waals surface area (Å²) in [6.45, 7) is 6.04. The number of benzene rings is 1. The maximum absolute atomic E-state index is 12.3. The topological polar surface area (TPSA) is 58.1 Å². The van der Waals surface area contributed by atoms with Crippen molar-refractivity contribution in [2.45, 2.75) is 31.0 Å². The van der Waals surface area contributed by atoms with Crippen LogP contribution in [0.5, 0.6) is 0 Å². The number of amides is 1. The Morgan fingerprint density at radius 3 is 3.12 bits per heavy atom. The minimum Gasteiger partial charge on any atom is -0.342 e. The average Bonchev–Trinajstić information content (AvgIpc) is 3.00. The molecule has 3 rings (SSSR count). The lowest BCUT2D eigenvalue weighted by molar-refractivity contribution is -0.130. The molecule has 1 aliphatic heterocycles. The maximum atomic E-state index is 12.3. The minimum atomic E-state index is 0.204. The van der Waals surface area contributed by atoms with Crippen molar-refractivity contribution in [2.24, 2.45) is 5.92 Å². The van der Waals surface area contributed by atoms with E-state index in [0.29, 0.717) is 11.7 Å². The van der Waals surface area contributed by atoms with Gasteiger partial charge in [0, 0.05) is 18.8 Å². The van der Waals surface area contributed by atoms with Crippen LogP contribution in [0.2, 0.25) is 0 Å². The van der Waals surface area contributed by atoms with Gasteiger partial charge in [-0.2, -0.15) is 0 Å². The van der Waals surface area contributed by atoms with E-state index in [1.165, 1.54) is 35.1 Å². The van der Waals surface area contributed by atoms with Crippen molar-refractivity contribution in [2.75, 3.05) is 24.2 Å². The number of aryl methyl sites for hydroxylation is 1. The lowest BCUT2D eigenvalue weighted by atomic mass is 10.0. The number of carbonyl (C=O) groups is 1. The minimum absolute atomic E-state index is 0.204. The van der Waals surface area contributed by atoms with E-state index in [1.807, 2.05) is 17.0 Å². The number of aromatic nitrogens is 2. The molecule has 1 fully saturated rings. The van der Waals surface area contributed by atoms with Crippen LogP contribution in [0.25, 0.3) is 0 Å². The lowest BCUT2D eigenvalue weighted by Crippen LogP contribution is -2.40. The number of thioether (sulfide) groups is 1. The first-order valence-electron chi connectivity index (χ1n) is 8.18. The highest BCUT2D eigenvalue weighted by molar-refractivity contribution is 8.01. The second kappa shape index (κ2) is 7.98. The number of rotatable bonds is 5. The van der Waals surface area contributed by atoms with Crippen LogP contribution in [0, 0.1) is 12.8 Å². The van der Waals surface area contributed by atoms with Gasteiger partial charge in [-0.1, -0.05) is 42.2 Å². The molecule has 7 heteroatoms. The number of hydrogen-bond donors (Lipinski definition) is 1. The van der Waals surface area contributed by atoms with E-state index in [2.05, 4.69) is 41.5 Å². The van der Waals surface area contributed by atoms with Crippen LogP contribution in [0.15, 0.2) is 28.6 Å². The van der Waals surface area contributed by atoms with Gasteiger partial charge in [-0.15, -0.1) is 10.2 Å². The van der Waals surface area contributed by atoms with Crippen molar-refractivity contribution in [1.82, 2.24) is 15.1 Å². The molecule has 2 aromatic rings. The van der Waals surface area contributed by atoms with Gasteiger partial charge in [-0.05, 0) is 43.4 Å². The maximum Gasteiger partial charge on any atom is 0.233 e. The number of nitrogens with zero attached hydrogens (tertiary/aromatic N) is 3. The Labute approximate surface area is 150 Å². The summed E-state index contributed by atoms with van der Waals surface area (Å²) < 4.78 is 0.823. The van der Waals surface area contributed by atoms with Crippen molar-refractivity contribution >= 4 is 39.8 Å². The van der Waals surface area contributed by atoms with Crippen LogP contribution in [0.3, 0.4) is 0 Å². The average molecular weight is 363 g/mol. The Balaban J connectivity index is 1.51. The summed E-state index contributed by atoms with van der Waals surface area (Å²) in [6.07, 6.45) is 2.34. The molecule has 1 aromatic heterocycles. The monoisotopic (exact) mass is 362 g/mol. The van der Waals surface area contributed by atoms with Crippen LogP contribution in [-0.2, 0) is 4.79 Å². The van der Waals surface area contributed by atoms with Gasteiger partial charge in [0.15, 0.2) is 4.34 Å². The fourth-order valence-electron chi connectivity index (χ4n) is 2.80. The molecule has 0 spiro atoms. The number of carbonyl (C=O) groups excluding carboxylic acids is 1. The van der Waals surface area contributed by atoms with E-state index in [9.17, 15) is 4.79 Å². The summed E-state index contributed by atoms with van der Waals surface area (Å²) >= 11 is 2.95. The summed E-state index contributed by atoms with van der Waals surface area (Å²) in [4.78, 5) is 14.3. The van der Waals surface area contributed by atoms with E-state index in [0.717, 1.165) is 34.7 Å². The molecule has 1 saturated heterocycles. The highest BCUT2D eigenvalue weighted by atomic mass is 32.2. The van der Waals surface area contributed by atoms with Gasteiger partial charge in [0.25, 0.3) is 0 Å². The van der Waals surface area contributed by atoms with E-state index in [4.69, 9.17) is 0 Å². The molecular weight excluding hydrogens is 340 g/mol. The third-order valence-electron chi connectivity index (χ3n) is 4.00. The molecule has 0 radical (unpaired) electrons. The molecule has 1 aromatic carbocycles. The predicted octanol–water partition coefficient (Wildman–Crippen LogP) is 3.94. The van der Waals surface area contributed by atoms with Gasteiger partial charge in [-0.3, -0.25) is 4.79 Å². The Hall–Kier alpha value is -1.60. The summed E-state index contributed by atoms with van der Waals surface area (Å²) in [5.74, 6) is 1.25. The van der Waals surface area contributed by atoms with Crippen molar-refractivity contribution in [3.8, 4) is 0 Å². The van der Waals surface area contributed by atoms with E-state index >= 15 is 0 Å². The number of hydrogen-bond acceptors (Lipinski definition) is 6. The third kappa shape index (κ3) is 4.70. The van der Waals surface area contributed by atoms with Gasteiger partial charge in [0.2, 0.25) is 11.0 Å². The first-order valence-corrected chi connectivity index (χ1v) is 9.98. The van der Waals surface area contributed by atoms with Gasteiger partial charge in [0.1, 0.15) is 0 Å². The van der Waals surface area contributed by atoms with Crippen LogP contribution in [0.1, 0.15) is 25.3 Å². The van der Waals surface area contributed by atoms with Gasteiger partial charge in [-0.25, -0.2) is 0 Å². The smallest absolute Gasteiger partial charge is 0.233 e. The lowest BCUT2D eigenvalue weighted by Gasteiger charge is -2.30. The quantitative estimate of drug-likeness (QED) is 0.817. The second-order valence-electron chi connectivity index (χ2n) is 6.24. The SMILES string of the molecule is Cc1cccc(Nc2nnc(SCC(=O)N3CCCC(C)C3)s2)c1. The zero-order valence-corrected chi connectivity index (χ0v) is 15.6. The van der Waals surface area contributed by atoms with Crippen molar-refractivity contribution in [3.05, 3.63) is 29.8 Å². The molecule has 0 aliphatic carbocycles. The molecule has 1 atom stereocenters.